The predicted molar refractivity (Wildman–Crippen MR) is 66.0 cm³/mol. The van der Waals surface area contributed by atoms with Gasteiger partial charge in [0.25, 0.3) is 11.6 Å². The molecule has 0 spiro atoms. The van der Waals surface area contributed by atoms with Crippen molar-refractivity contribution in [3.63, 3.8) is 0 Å². The van der Waals surface area contributed by atoms with Gasteiger partial charge in [-0.3, -0.25) is 19.2 Å². The minimum atomic E-state index is -1.53. The lowest BCUT2D eigenvalue weighted by Gasteiger charge is -2.10. The van der Waals surface area contributed by atoms with Gasteiger partial charge in [0.05, 0.1) is 13.2 Å². The van der Waals surface area contributed by atoms with Crippen LogP contribution in [0.15, 0.2) is 0 Å². The van der Waals surface area contributed by atoms with Gasteiger partial charge in [-0.05, 0) is 0 Å². The average molecular weight is 348 g/mol. The van der Waals surface area contributed by atoms with Crippen LogP contribution in [0, 0.1) is 0 Å². The number of hydrogen-bond acceptors (Lipinski definition) is 12. The molecule has 2 rings (SSSR count). The summed E-state index contributed by atoms with van der Waals surface area (Å²) in [6.07, 6.45) is -6.11. The van der Waals surface area contributed by atoms with Crippen molar-refractivity contribution < 1.29 is 58.7 Å². The van der Waals surface area contributed by atoms with Gasteiger partial charge in [-0.1, -0.05) is 0 Å². The smallest absolute Gasteiger partial charge is 0.383 e. The Bertz CT molecular complexity index is 541. The van der Waals surface area contributed by atoms with Crippen LogP contribution in [0.2, 0.25) is 0 Å². The molecule has 4 atom stereocenters. The van der Waals surface area contributed by atoms with E-state index in [1.807, 2.05) is 0 Å². The molecule has 4 N–H and O–H groups in total. The third kappa shape index (κ3) is 3.86. The van der Waals surface area contributed by atoms with Gasteiger partial charge in [0.1, 0.15) is 12.2 Å². The molecule has 2 aliphatic rings. The van der Waals surface area contributed by atoms with Crippen molar-refractivity contribution in [1.82, 2.24) is 0 Å². The van der Waals surface area contributed by atoms with Gasteiger partial charge < -0.3 is 29.9 Å². The molecule has 12 heteroatoms. The fourth-order valence-corrected chi connectivity index (χ4v) is 1.60. The van der Waals surface area contributed by atoms with Crippen molar-refractivity contribution >= 4 is 35.1 Å². The fourth-order valence-electron chi connectivity index (χ4n) is 1.60. The van der Waals surface area contributed by atoms with E-state index in [1.54, 1.807) is 0 Å². The van der Waals surface area contributed by atoms with Crippen molar-refractivity contribution in [2.45, 2.75) is 24.4 Å². The number of cyclic esters (lactones) is 2. The Labute approximate surface area is 132 Å². The minimum Gasteiger partial charge on any atom is -0.445 e. The quantitative estimate of drug-likeness (QED) is 0.278. The molecule has 132 valence electrons. The molecule has 2 fully saturated rings. The van der Waals surface area contributed by atoms with Crippen LogP contribution in [0.4, 0.5) is 0 Å². The highest BCUT2D eigenvalue weighted by Gasteiger charge is 2.46. The Kier molecular flexibility index (Phi) is 6.36. The number of ether oxygens (including phenoxy) is 2. The van der Waals surface area contributed by atoms with Crippen LogP contribution in [0.25, 0.3) is 0 Å². The van der Waals surface area contributed by atoms with Gasteiger partial charge in [0.15, 0.2) is 12.2 Å². The zero-order chi connectivity index (χ0) is 18.6. The van der Waals surface area contributed by atoms with Crippen molar-refractivity contribution in [2.24, 2.45) is 0 Å². The second kappa shape index (κ2) is 7.83. The standard InChI is InChI=1S/2C6H6O6/c2*7-1-2(8)5-3(9)4(10)6(11)12-5/h2*2,5,7-8H,1H2/t2-,5+;2-,5-/m01/s1. The first kappa shape index (κ1) is 19.5. The molecule has 24 heavy (non-hydrogen) atoms. The lowest BCUT2D eigenvalue weighted by atomic mass is 10.1. The molecule has 0 saturated carbocycles. The lowest BCUT2D eigenvalue weighted by molar-refractivity contribution is -0.152. The largest absolute Gasteiger partial charge is 0.445 e. The number of hydrogen-bond donors (Lipinski definition) is 4. The first-order valence-electron chi connectivity index (χ1n) is 6.31. The van der Waals surface area contributed by atoms with E-state index in [9.17, 15) is 28.8 Å². The van der Waals surface area contributed by atoms with Gasteiger partial charge in [-0.2, -0.15) is 0 Å². The van der Waals surface area contributed by atoms with E-state index in [-0.39, 0.29) is 0 Å². The third-order valence-electron chi connectivity index (χ3n) is 2.88. The van der Waals surface area contributed by atoms with E-state index in [0.717, 1.165) is 0 Å². The molecular weight excluding hydrogens is 336 g/mol. The van der Waals surface area contributed by atoms with Gasteiger partial charge in [0, 0.05) is 0 Å². The molecule has 0 radical (unpaired) electrons. The number of ketones is 4. The summed E-state index contributed by atoms with van der Waals surface area (Å²) in [5.74, 6) is -7.35. The van der Waals surface area contributed by atoms with E-state index < -0.39 is 72.7 Å². The monoisotopic (exact) mass is 348 g/mol. The van der Waals surface area contributed by atoms with E-state index in [0.29, 0.717) is 0 Å². The van der Waals surface area contributed by atoms with Crippen molar-refractivity contribution in [3.8, 4) is 0 Å². The van der Waals surface area contributed by atoms with Crippen LogP contribution >= 0.6 is 0 Å². The van der Waals surface area contributed by atoms with Crippen LogP contribution in [-0.4, -0.2) is 93.1 Å². The second-order valence-corrected chi connectivity index (χ2v) is 4.54. The van der Waals surface area contributed by atoms with E-state index >= 15 is 0 Å². The molecule has 0 amide bonds. The summed E-state index contributed by atoms with van der Waals surface area (Å²) < 4.78 is 8.38. The van der Waals surface area contributed by atoms with Gasteiger partial charge in [0.2, 0.25) is 0 Å². The molecule has 0 aliphatic carbocycles. The maximum absolute atomic E-state index is 10.7. The number of aliphatic hydroxyl groups is 4. The summed E-state index contributed by atoms with van der Waals surface area (Å²) in [7, 11) is 0. The van der Waals surface area contributed by atoms with Crippen LogP contribution in [0.5, 0.6) is 0 Å². The van der Waals surface area contributed by atoms with Gasteiger partial charge >= 0.3 is 23.5 Å². The molecular formula is C12H12O12. The minimum absolute atomic E-state index is 0.739. The Morgan fingerprint density at radius 2 is 1.00 bits per heavy atom. The summed E-state index contributed by atoms with van der Waals surface area (Å²) in [5, 5.41) is 34.5. The number of rotatable bonds is 4. The highest BCUT2D eigenvalue weighted by Crippen LogP contribution is 2.11. The Balaban J connectivity index is 0.000000240. The zero-order valence-corrected chi connectivity index (χ0v) is 11.8. The summed E-state index contributed by atoms with van der Waals surface area (Å²) in [6, 6.07) is 0. The predicted octanol–water partition coefficient (Wildman–Crippen LogP) is -5.19. The van der Waals surface area contributed by atoms with E-state index in [4.69, 9.17) is 20.4 Å². The van der Waals surface area contributed by atoms with Crippen molar-refractivity contribution in [1.29, 1.82) is 0 Å². The SMILES string of the molecule is O=C1O[C@H]([C@@H](O)CO)C(=O)C1=O.O=C1O[C@H]([C@H](O)CO)C(=O)C1=O. The van der Waals surface area contributed by atoms with Crippen LogP contribution < -0.4 is 0 Å². The molecule has 0 bridgehead atoms. The van der Waals surface area contributed by atoms with Crippen molar-refractivity contribution in [3.05, 3.63) is 0 Å². The molecule has 0 aromatic rings. The second-order valence-electron chi connectivity index (χ2n) is 4.54. The molecule has 0 unspecified atom stereocenters. The Hall–Kier alpha value is -2.54. The molecule has 2 heterocycles. The number of Topliss-reactive ketones (excluding diaryl/α,β-unsaturated/α-hetero) is 4. The lowest BCUT2D eigenvalue weighted by Crippen LogP contribution is -2.35. The van der Waals surface area contributed by atoms with Crippen LogP contribution in [0.3, 0.4) is 0 Å². The topological polar surface area (TPSA) is 202 Å². The van der Waals surface area contributed by atoms with E-state index in [2.05, 4.69) is 9.47 Å². The summed E-state index contributed by atoms with van der Waals surface area (Å²) in [6.45, 7) is -1.48. The zero-order valence-electron chi connectivity index (χ0n) is 11.8. The Morgan fingerprint density at radius 1 is 0.708 bits per heavy atom. The molecule has 0 aromatic heterocycles. The third-order valence-corrected chi connectivity index (χ3v) is 2.88. The average Bonchev–Trinajstić information content (AvgIpc) is 2.98. The molecule has 0 aromatic carbocycles. The first-order valence-corrected chi connectivity index (χ1v) is 6.31. The maximum Gasteiger partial charge on any atom is 0.383 e. The fraction of sp³-hybridized carbons (Fsp3) is 0.500. The highest BCUT2D eigenvalue weighted by molar-refractivity contribution is 6.66. The normalized spacial score (nSPS) is 25.8. The maximum atomic E-state index is 10.7. The summed E-state index contributed by atoms with van der Waals surface area (Å²) in [4.78, 5) is 63.4. The van der Waals surface area contributed by atoms with E-state index in [1.165, 1.54) is 0 Å². The molecule has 12 nitrogen and oxygen atoms in total. The van der Waals surface area contributed by atoms with Crippen LogP contribution in [0.1, 0.15) is 0 Å². The Morgan fingerprint density at radius 3 is 1.17 bits per heavy atom. The number of carbonyl (C=O) groups is 6. The first-order chi connectivity index (χ1) is 11.1. The van der Waals surface area contributed by atoms with Gasteiger partial charge in [-0.15, -0.1) is 0 Å². The number of esters is 2. The molecule has 2 saturated heterocycles. The summed E-state index contributed by atoms with van der Waals surface area (Å²) in [5.41, 5.74) is 0. The van der Waals surface area contributed by atoms with Crippen LogP contribution in [-0.2, 0) is 38.2 Å². The number of carbonyl (C=O) groups excluding carboxylic acids is 6. The molecule has 2 aliphatic heterocycles. The number of aliphatic hydroxyl groups excluding tert-OH is 4. The van der Waals surface area contributed by atoms with Gasteiger partial charge in [-0.25, -0.2) is 9.59 Å². The highest BCUT2D eigenvalue weighted by atomic mass is 16.6. The summed E-state index contributed by atoms with van der Waals surface area (Å²) >= 11 is 0. The van der Waals surface area contributed by atoms with Crippen molar-refractivity contribution in [2.75, 3.05) is 13.2 Å².